The molecule has 9 heteroatoms. The minimum Gasteiger partial charge on any atom is -0.507 e. The Bertz CT molecular complexity index is 1240. The van der Waals surface area contributed by atoms with E-state index in [-0.39, 0.29) is 26.9 Å². The van der Waals surface area contributed by atoms with Crippen LogP contribution in [-0.4, -0.2) is 28.9 Å². The van der Waals surface area contributed by atoms with Crippen LogP contribution >= 0.6 is 34.8 Å². The van der Waals surface area contributed by atoms with Crippen molar-refractivity contribution < 1.29 is 19.4 Å². The molecule has 0 radical (unpaired) electrons. The SMILES string of the molecule is COc1c(Cl)cc(/C(O)=C2\C(=O)C(=O)N(c3cccc(Cl)c3)C2c2cccnc2)cc1Cl. The average Bonchev–Trinajstić information content (AvgIpc) is 3.04. The number of carbonyl (C=O) groups excluding carboxylic acids is 2. The van der Waals surface area contributed by atoms with Crippen LogP contribution in [0.15, 0.2) is 66.5 Å². The number of Topliss-reactive ketones (excluding diaryl/α,β-unsaturated/α-hetero) is 1. The molecule has 1 aromatic heterocycles. The quantitative estimate of drug-likeness (QED) is 0.290. The minimum atomic E-state index is -0.943. The summed E-state index contributed by atoms with van der Waals surface area (Å²) in [6.45, 7) is 0. The normalized spacial score (nSPS) is 17.6. The zero-order valence-electron chi connectivity index (χ0n) is 16.6. The van der Waals surface area contributed by atoms with Crippen molar-refractivity contribution >= 4 is 57.9 Å². The van der Waals surface area contributed by atoms with E-state index in [2.05, 4.69) is 4.98 Å². The van der Waals surface area contributed by atoms with Gasteiger partial charge in [0.15, 0.2) is 5.75 Å². The van der Waals surface area contributed by atoms with Gasteiger partial charge in [-0.3, -0.25) is 19.5 Å². The maximum absolute atomic E-state index is 13.1. The number of aliphatic hydroxyl groups is 1. The first-order chi connectivity index (χ1) is 15.3. The summed E-state index contributed by atoms with van der Waals surface area (Å²) < 4.78 is 5.14. The summed E-state index contributed by atoms with van der Waals surface area (Å²) in [5, 5.41) is 11.8. The second-order valence-electron chi connectivity index (χ2n) is 6.91. The molecule has 3 aromatic rings. The molecule has 0 aliphatic carbocycles. The van der Waals surface area contributed by atoms with Crippen LogP contribution in [0.5, 0.6) is 5.75 Å². The smallest absolute Gasteiger partial charge is 0.300 e. The Labute approximate surface area is 198 Å². The number of ether oxygens (including phenoxy) is 1. The number of anilines is 1. The molecule has 32 heavy (non-hydrogen) atoms. The van der Waals surface area contributed by atoms with Gasteiger partial charge in [-0.1, -0.05) is 46.9 Å². The van der Waals surface area contributed by atoms with Gasteiger partial charge >= 0.3 is 0 Å². The largest absolute Gasteiger partial charge is 0.507 e. The van der Waals surface area contributed by atoms with Crippen LogP contribution in [0.4, 0.5) is 5.69 Å². The van der Waals surface area contributed by atoms with Crippen molar-refractivity contribution in [2.45, 2.75) is 6.04 Å². The highest BCUT2D eigenvalue weighted by molar-refractivity contribution is 6.52. The van der Waals surface area contributed by atoms with Crippen molar-refractivity contribution in [3.63, 3.8) is 0 Å². The van der Waals surface area contributed by atoms with Crippen LogP contribution in [0.1, 0.15) is 17.2 Å². The van der Waals surface area contributed by atoms with E-state index in [0.29, 0.717) is 16.3 Å². The molecular formula is C23H15Cl3N2O4. The number of pyridine rings is 1. The molecule has 0 spiro atoms. The van der Waals surface area contributed by atoms with E-state index in [9.17, 15) is 14.7 Å². The second kappa shape index (κ2) is 8.82. The van der Waals surface area contributed by atoms with Crippen LogP contribution in [0, 0.1) is 0 Å². The number of amides is 1. The first-order valence-corrected chi connectivity index (χ1v) is 10.5. The first kappa shape index (κ1) is 22.1. The third kappa shape index (κ3) is 3.81. The number of hydrogen-bond donors (Lipinski definition) is 1. The van der Waals surface area contributed by atoms with Crippen molar-refractivity contribution in [2.24, 2.45) is 0 Å². The van der Waals surface area contributed by atoms with E-state index < -0.39 is 23.5 Å². The van der Waals surface area contributed by atoms with Gasteiger partial charge in [-0.25, -0.2) is 0 Å². The monoisotopic (exact) mass is 488 g/mol. The highest BCUT2D eigenvalue weighted by atomic mass is 35.5. The summed E-state index contributed by atoms with van der Waals surface area (Å²) in [6.07, 6.45) is 3.09. The number of nitrogens with zero attached hydrogens (tertiary/aromatic N) is 2. The Balaban J connectivity index is 1.96. The van der Waals surface area contributed by atoms with Crippen molar-refractivity contribution in [3.05, 3.63) is 92.7 Å². The van der Waals surface area contributed by atoms with Crippen LogP contribution in [0.25, 0.3) is 5.76 Å². The summed E-state index contributed by atoms with van der Waals surface area (Å²) in [7, 11) is 1.41. The molecule has 2 heterocycles. The average molecular weight is 490 g/mol. The van der Waals surface area contributed by atoms with Gasteiger partial charge in [0.25, 0.3) is 11.7 Å². The Morgan fingerprint density at radius 3 is 2.38 bits per heavy atom. The van der Waals surface area contributed by atoms with Gasteiger partial charge in [0.2, 0.25) is 0 Å². The molecule has 0 bridgehead atoms. The number of ketones is 1. The van der Waals surface area contributed by atoms with E-state index in [1.165, 1.54) is 30.3 Å². The number of halogens is 3. The standard InChI is InChI=1S/C23H15Cl3N2O4/c1-32-22-16(25)8-13(9-17(22)26)20(29)18-19(12-4-3-7-27-11-12)28(23(31)21(18)30)15-6-2-5-14(24)10-15/h2-11,19,29H,1H3/b20-18+. The zero-order chi connectivity index (χ0) is 23.0. The maximum atomic E-state index is 13.1. The highest BCUT2D eigenvalue weighted by Crippen LogP contribution is 2.43. The topological polar surface area (TPSA) is 79.7 Å². The maximum Gasteiger partial charge on any atom is 0.300 e. The number of aromatic nitrogens is 1. The fourth-order valence-corrected chi connectivity index (χ4v) is 4.45. The lowest BCUT2D eigenvalue weighted by molar-refractivity contribution is -0.132. The molecule has 162 valence electrons. The first-order valence-electron chi connectivity index (χ1n) is 9.33. The number of aliphatic hydroxyl groups excluding tert-OH is 1. The summed E-state index contributed by atoms with van der Waals surface area (Å²) >= 11 is 18.6. The summed E-state index contributed by atoms with van der Waals surface area (Å²) in [5.41, 5.74) is 0.969. The molecule has 1 N–H and O–H groups in total. The van der Waals surface area contributed by atoms with Gasteiger partial charge in [0.1, 0.15) is 5.76 Å². The minimum absolute atomic E-state index is 0.125. The lowest BCUT2D eigenvalue weighted by Crippen LogP contribution is -2.29. The third-order valence-electron chi connectivity index (χ3n) is 5.01. The number of benzene rings is 2. The lowest BCUT2D eigenvalue weighted by atomic mass is 9.96. The van der Waals surface area contributed by atoms with E-state index in [1.54, 1.807) is 42.6 Å². The van der Waals surface area contributed by atoms with Gasteiger partial charge < -0.3 is 9.84 Å². The lowest BCUT2D eigenvalue weighted by Gasteiger charge is -2.25. The molecule has 1 aliphatic heterocycles. The van der Waals surface area contributed by atoms with Crippen molar-refractivity contribution in [2.75, 3.05) is 12.0 Å². The summed E-state index contributed by atoms with van der Waals surface area (Å²) in [4.78, 5) is 31.6. The second-order valence-corrected chi connectivity index (χ2v) is 8.16. The van der Waals surface area contributed by atoms with Crippen LogP contribution in [0.2, 0.25) is 15.1 Å². The Morgan fingerprint density at radius 2 is 1.78 bits per heavy atom. The predicted molar refractivity (Wildman–Crippen MR) is 123 cm³/mol. The van der Waals surface area contributed by atoms with Gasteiger partial charge in [-0.05, 0) is 42.0 Å². The molecule has 0 saturated carbocycles. The van der Waals surface area contributed by atoms with E-state index in [4.69, 9.17) is 39.5 Å². The van der Waals surface area contributed by atoms with Crippen molar-refractivity contribution in [3.8, 4) is 5.75 Å². The number of methoxy groups -OCH3 is 1. The molecule has 1 saturated heterocycles. The molecule has 1 fully saturated rings. The van der Waals surface area contributed by atoms with Gasteiger partial charge in [0, 0.05) is 28.7 Å². The molecular weight excluding hydrogens is 475 g/mol. The fraction of sp³-hybridized carbons (Fsp3) is 0.0870. The molecule has 4 rings (SSSR count). The zero-order valence-corrected chi connectivity index (χ0v) is 18.8. The molecule has 1 amide bonds. The van der Waals surface area contributed by atoms with Gasteiger partial charge in [-0.15, -0.1) is 0 Å². The Kier molecular flexibility index (Phi) is 6.11. The molecule has 6 nitrogen and oxygen atoms in total. The molecule has 1 aliphatic rings. The molecule has 1 unspecified atom stereocenters. The summed E-state index contributed by atoms with van der Waals surface area (Å²) in [6, 6.07) is 11.8. The van der Waals surface area contributed by atoms with Gasteiger partial charge in [-0.2, -0.15) is 0 Å². The Morgan fingerprint density at radius 1 is 1.06 bits per heavy atom. The van der Waals surface area contributed by atoms with Crippen LogP contribution in [0.3, 0.4) is 0 Å². The molecule has 2 aromatic carbocycles. The van der Waals surface area contributed by atoms with Crippen molar-refractivity contribution in [1.29, 1.82) is 0 Å². The van der Waals surface area contributed by atoms with E-state index in [0.717, 1.165) is 0 Å². The highest BCUT2D eigenvalue weighted by Gasteiger charge is 2.47. The van der Waals surface area contributed by atoms with Gasteiger partial charge in [0.05, 0.1) is 28.8 Å². The predicted octanol–water partition coefficient (Wildman–Crippen LogP) is 5.68. The molecule has 1 atom stereocenters. The van der Waals surface area contributed by atoms with Crippen molar-refractivity contribution in [1.82, 2.24) is 4.98 Å². The number of carbonyl (C=O) groups is 2. The van der Waals surface area contributed by atoms with E-state index in [1.807, 2.05) is 0 Å². The van der Waals surface area contributed by atoms with Crippen LogP contribution in [-0.2, 0) is 9.59 Å². The van der Waals surface area contributed by atoms with E-state index >= 15 is 0 Å². The third-order valence-corrected chi connectivity index (χ3v) is 5.80. The fourth-order valence-electron chi connectivity index (χ4n) is 3.63. The number of hydrogen-bond acceptors (Lipinski definition) is 5. The number of rotatable bonds is 4. The Hall–Kier alpha value is -3.06. The van der Waals surface area contributed by atoms with Crippen LogP contribution < -0.4 is 9.64 Å². The summed E-state index contributed by atoms with van der Waals surface area (Å²) in [5.74, 6) is -1.87.